The summed E-state index contributed by atoms with van der Waals surface area (Å²) in [5, 5.41) is 12.7. The van der Waals surface area contributed by atoms with E-state index in [1.54, 1.807) is 12.1 Å². The average molecular weight is 468 g/mol. The van der Waals surface area contributed by atoms with Gasteiger partial charge >= 0.3 is 0 Å². The van der Waals surface area contributed by atoms with E-state index < -0.39 is 11.2 Å². The molecular formula is C28H25N3O2S. The lowest BCUT2D eigenvalue weighted by Crippen LogP contribution is -2.30. The number of amides is 2. The summed E-state index contributed by atoms with van der Waals surface area (Å²) in [4.78, 5) is 28.1. The first-order valence-electron chi connectivity index (χ1n) is 11.2. The van der Waals surface area contributed by atoms with Gasteiger partial charge in [-0.2, -0.15) is 5.26 Å². The lowest BCUT2D eigenvalue weighted by Gasteiger charge is -2.18. The summed E-state index contributed by atoms with van der Waals surface area (Å²) in [5.41, 5.74) is 4.50. The van der Waals surface area contributed by atoms with E-state index in [1.807, 2.05) is 67.6 Å². The molecule has 3 aromatic rings. The van der Waals surface area contributed by atoms with Crippen LogP contribution in [-0.4, -0.2) is 17.1 Å². The van der Waals surface area contributed by atoms with Gasteiger partial charge in [0, 0.05) is 11.4 Å². The molecule has 0 spiro atoms. The maximum Gasteiger partial charge on any atom is 0.269 e. The van der Waals surface area contributed by atoms with Crippen LogP contribution in [0.1, 0.15) is 23.6 Å². The van der Waals surface area contributed by atoms with Gasteiger partial charge in [0.05, 0.1) is 5.25 Å². The van der Waals surface area contributed by atoms with Gasteiger partial charge in [-0.25, -0.2) is 0 Å². The molecular weight excluding hydrogens is 442 g/mol. The molecule has 34 heavy (non-hydrogen) atoms. The minimum atomic E-state index is -0.532. The van der Waals surface area contributed by atoms with Crippen molar-refractivity contribution in [2.24, 2.45) is 0 Å². The molecule has 1 N–H and O–H groups in total. The monoisotopic (exact) mass is 467 g/mol. The molecule has 1 fully saturated rings. The van der Waals surface area contributed by atoms with Crippen LogP contribution in [0.2, 0.25) is 0 Å². The third-order valence-corrected chi connectivity index (χ3v) is 6.94. The summed E-state index contributed by atoms with van der Waals surface area (Å²) < 4.78 is 0. The third-order valence-electron chi connectivity index (χ3n) is 5.68. The molecule has 6 heteroatoms. The number of thioether (sulfide) groups is 1. The second kappa shape index (κ2) is 10.4. The zero-order chi connectivity index (χ0) is 24.1. The Bertz CT molecular complexity index is 1260. The molecule has 1 aliphatic heterocycles. The van der Waals surface area contributed by atoms with Crippen LogP contribution in [0.4, 0.5) is 11.4 Å². The molecule has 2 amide bonds. The van der Waals surface area contributed by atoms with Gasteiger partial charge < -0.3 is 5.32 Å². The van der Waals surface area contributed by atoms with E-state index >= 15 is 0 Å². The van der Waals surface area contributed by atoms with Crippen LogP contribution in [-0.2, 0) is 22.4 Å². The first-order chi connectivity index (χ1) is 16.5. The molecule has 1 heterocycles. The number of hydrogen-bond acceptors (Lipinski definition) is 4. The first kappa shape index (κ1) is 23.3. The molecule has 1 saturated heterocycles. The molecule has 0 bridgehead atoms. The number of hydrogen-bond donors (Lipinski definition) is 1. The average Bonchev–Trinajstić information content (AvgIpc) is 3.17. The van der Waals surface area contributed by atoms with E-state index in [9.17, 15) is 14.9 Å². The second-order valence-electron chi connectivity index (χ2n) is 8.10. The molecule has 170 valence electrons. The zero-order valence-electron chi connectivity index (χ0n) is 19.1. The Morgan fingerprint density at radius 2 is 1.65 bits per heavy atom. The number of benzene rings is 3. The number of nitriles is 1. The van der Waals surface area contributed by atoms with Crippen molar-refractivity contribution in [2.75, 3.05) is 10.2 Å². The molecule has 4 rings (SSSR count). The topological polar surface area (TPSA) is 73.2 Å². The number of aryl methyl sites for hydroxylation is 2. The summed E-state index contributed by atoms with van der Waals surface area (Å²) in [7, 11) is 0. The fourth-order valence-corrected chi connectivity index (χ4v) is 5.06. The van der Waals surface area contributed by atoms with E-state index in [1.165, 1.54) is 22.2 Å². The minimum Gasteiger partial charge on any atom is -0.321 e. The summed E-state index contributed by atoms with van der Waals surface area (Å²) >= 11 is 1.27. The molecule has 0 saturated carbocycles. The Hall–Kier alpha value is -3.82. The Morgan fingerprint density at radius 1 is 1.00 bits per heavy atom. The van der Waals surface area contributed by atoms with Crippen molar-refractivity contribution >= 4 is 35.0 Å². The van der Waals surface area contributed by atoms with E-state index in [-0.39, 0.29) is 11.5 Å². The van der Waals surface area contributed by atoms with Crippen molar-refractivity contribution in [3.8, 4) is 6.07 Å². The highest BCUT2D eigenvalue weighted by Crippen LogP contribution is 2.42. The van der Waals surface area contributed by atoms with Crippen LogP contribution in [0.5, 0.6) is 0 Å². The standard InChI is InChI=1S/C28H25N3O2S/c1-3-20-11-13-21(14-12-20)17-25-27(33)31(23-7-5-4-6-8-23)28(34-25)24(18-29)26(32)30-22-15-9-19(2)10-16-22/h4-16,25H,3,17H2,1-2H3,(H,30,32)/b28-24-/t25-/m0/s1. The maximum absolute atomic E-state index is 13.5. The number of rotatable bonds is 6. The molecule has 0 aromatic heterocycles. The van der Waals surface area contributed by atoms with Crippen LogP contribution < -0.4 is 10.2 Å². The quantitative estimate of drug-likeness (QED) is 0.377. The number of carbonyl (C=O) groups is 2. The summed E-state index contributed by atoms with van der Waals surface area (Å²) in [5.74, 6) is -0.669. The zero-order valence-corrected chi connectivity index (χ0v) is 19.9. The Balaban J connectivity index is 1.68. The van der Waals surface area contributed by atoms with Crippen LogP contribution in [0.15, 0.2) is 89.5 Å². The van der Waals surface area contributed by atoms with Crippen molar-refractivity contribution < 1.29 is 9.59 Å². The normalized spacial score (nSPS) is 16.8. The first-order valence-corrected chi connectivity index (χ1v) is 12.0. The summed E-state index contributed by atoms with van der Waals surface area (Å²) in [6.07, 6.45) is 1.46. The minimum absolute atomic E-state index is 0.0772. The van der Waals surface area contributed by atoms with Crippen molar-refractivity contribution in [3.05, 3.63) is 106 Å². The van der Waals surface area contributed by atoms with Crippen LogP contribution in [0, 0.1) is 18.3 Å². The van der Waals surface area contributed by atoms with Crippen molar-refractivity contribution in [2.45, 2.75) is 31.9 Å². The molecule has 3 aromatic carbocycles. The molecule has 1 aliphatic rings. The van der Waals surface area contributed by atoms with Crippen molar-refractivity contribution in [1.29, 1.82) is 5.26 Å². The number of anilines is 2. The fraction of sp³-hybridized carbons (Fsp3) is 0.179. The molecule has 1 atom stereocenters. The van der Waals surface area contributed by atoms with Gasteiger partial charge in [0.2, 0.25) is 5.91 Å². The van der Waals surface area contributed by atoms with Gasteiger partial charge in [0.1, 0.15) is 16.7 Å². The van der Waals surface area contributed by atoms with Crippen molar-refractivity contribution in [3.63, 3.8) is 0 Å². The van der Waals surface area contributed by atoms with Gasteiger partial charge in [-0.05, 0) is 55.2 Å². The lowest BCUT2D eigenvalue weighted by atomic mass is 10.1. The lowest BCUT2D eigenvalue weighted by molar-refractivity contribution is -0.117. The Morgan fingerprint density at radius 3 is 2.26 bits per heavy atom. The molecule has 0 unspecified atom stereocenters. The molecule has 5 nitrogen and oxygen atoms in total. The highest BCUT2D eigenvalue weighted by Gasteiger charge is 2.40. The van der Waals surface area contributed by atoms with E-state index in [2.05, 4.69) is 24.4 Å². The highest BCUT2D eigenvalue weighted by atomic mass is 32.2. The van der Waals surface area contributed by atoms with E-state index in [4.69, 9.17) is 0 Å². The van der Waals surface area contributed by atoms with Crippen LogP contribution in [0.25, 0.3) is 0 Å². The largest absolute Gasteiger partial charge is 0.321 e. The molecule has 0 aliphatic carbocycles. The third kappa shape index (κ3) is 5.05. The summed E-state index contributed by atoms with van der Waals surface area (Å²) in [6.45, 7) is 4.06. The SMILES string of the molecule is CCc1ccc(C[C@@H]2S/C(=C(/C#N)C(=O)Nc3ccc(C)cc3)N(c3ccccc3)C2=O)cc1. The van der Waals surface area contributed by atoms with Gasteiger partial charge in [0.25, 0.3) is 5.91 Å². The number of para-hydroxylation sites is 1. The smallest absolute Gasteiger partial charge is 0.269 e. The highest BCUT2D eigenvalue weighted by molar-refractivity contribution is 8.05. The van der Waals surface area contributed by atoms with Crippen LogP contribution >= 0.6 is 11.8 Å². The van der Waals surface area contributed by atoms with E-state index in [0.29, 0.717) is 22.8 Å². The Labute approximate surface area is 204 Å². The number of nitrogens with one attached hydrogen (secondary N) is 1. The molecule has 0 radical (unpaired) electrons. The number of carbonyl (C=O) groups excluding carboxylic acids is 2. The maximum atomic E-state index is 13.5. The van der Waals surface area contributed by atoms with Crippen LogP contribution in [0.3, 0.4) is 0 Å². The van der Waals surface area contributed by atoms with Gasteiger partial charge in [-0.3, -0.25) is 14.5 Å². The fourth-order valence-electron chi connectivity index (χ4n) is 3.75. The summed E-state index contributed by atoms with van der Waals surface area (Å²) in [6, 6.07) is 26.8. The Kier molecular flexibility index (Phi) is 7.15. The van der Waals surface area contributed by atoms with E-state index in [0.717, 1.165) is 17.5 Å². The number of nitrogens with zero attached hydrogens (tertiary/aromatic N) is 2. The van der Waals surface area contributed by atoms with Gasteiger partial charge in [0.15, 0.2) is 0 Å². The second-order valence-corrected chi connectivity index (χ2v) is 9.29. The predicted molar refractivity (Wildman–Crippen MR) is 137 cm³/mol. The van der Waals surface area contributed by atoms with Gasteiger partial charge in [-0.15, -0.1) is 0 Å². The van der Waals surface area contributed by atoms with Crippen molar-refractivity contribution in [1.82, 2.24) is 0 Å². The van der Waals surface area contributed by atoms with Gasteiger partial charge in [-0.1, -0.05) is 78.8 Å². The predicted octanol–water partition coefficient (Wildman–Crippen LogP) is 5.62.